The molecule has 1 atom stereocenters. The molecule has 17 heavy (non-hydrogen) atoms. The van der Waals surface area contributed by atoms with Crippen LogP contribution in [0.4, 0.5) is 0 Å². The van der Waals surface area contributed by atoms with E-state index in [2.05, 4.69) is 4.98 Å². The van der Waals surface area contributed by atoms with Crippen LogP contribution in [0.1, 0.15) is 31.7 Å². The van der Waals surface area contributed by atoms with Gasteiger partial charge in [-0.25, -0.2) is 4.98 Å². The number of likely N-dealkylation sites (tertiary alicyclic amines) is 1. The van der Waals surface area contributed by atoms with Crippen molar-refractivity contribution in [2.24, 2.45) is 0 Å². The van der Waals surface area contributed by atoms with E-state index in [0.29, 0.717) is 11.2 Å². The Morgan fingerprint density at radius 3 is 3.18 bits per heavy atom. The molecular formula is C13H17ClN2O. The van der Waals surface area contributed by atoms with Gasteiger partial charge in [0.2, 0.25) is 5.91 Å². The standard InChI is InChI=1S/C13H17ClN2O/c1-10(17)16-8-2-3-12(16)5-4-11-6-7-15-13(14)9-11/h6-7,9,12H,2-5,8H2,1H3/t12-/m0/s1. The van der Waals surface area contributed by atoms with E-state index >= 15 is 0 Å². The summed E-state index contributed by atoms with van der Waals surface area (Å²) in [5, 5.41) is 0.539. The minimum absolute atomic E-state index is 0.195. The fourth-order valence-electron chi connectivity index (χ4n) is 2.48. The molecule has 0 aromatic carbocycles. The van der Waals surface area contributed by atoms with Crippen LogP contribution in [0, 0.1) is 0 Å². The van der Waals surface area contributed by atoms with Crippen molar-refractivity contribution < 1.29 is 4.79 Å². The number of amides is 1. The molecule has 0 radical (unpaired) electrons. The maximum Gasteiger partial charge on any atom is 0.219 e. The van der Waals surface area contributed by atoms with Crippen molar-refractivity contribution in [3.05, 3.63) is 29.0 Å². The molecule has 3 nitrogen and oxygen atoms in total. The molecule has 0 saturated carbocycles. The van der Waals surface area contributed by atoms with Crippen LogP contribution in [-0.4, -0.2) is 28.4 Å². The van der Waals surface area contributed by atoms with Crippen molar-refractivity contribution in [3.8, 4) is 0 Å². The third-order valence-electron chi connectivity index (χ3n) is 3.34. The topological polar surface area (TPSA) is 33.2 Å². The second kappa shape index (κ2) is 5.50. The Morgan fingerprint density at radius 1 is 1.65 bits per heavy atom. The lowest BCUT2D eigenvalue weighted by atomic mass is 10.0. The molecule has 1 aromatic rings. The number of hydrogen-bond acceptors (Lipinski definition) is 2. The van der Waals surface area contributed by atoms with Crippen molar-refractivity contribution in [1.82, 2.24) is 9.88 Å². The molecule has 1 fully saturated rings. The molecule has 1 amide bonds. The van der Waals surface area contributed by atoms with E-state index in [1.165, 1.54) is 5.56 Å². The second-order valence-corrected chi connectivity index (χ2v) is 4.92. The molecule has 0 bridgehead atoms. The number of hydrogen-bond donors (Lipinski definition) is 0. The Hall–Kier alpha value is -1.09. The second-order valence-electron chi connectivity index (χ2n) is 4.53. The minimum Gasteiger partial charge on any atom is -0.340 e. The molecular weight excluding hydrogens is 236 g/mol. The molecule has 2 heterocycles. The third kappa shape index (κ3) is 3.19. The van der Waals surface area contributed by atoms with E-state index < -0.39 is 0 Å². The SMILES string of the molecule is CC(=O)N1CCC[C@H]1CCc1ccnc(Cl)c1. The molecule has 0 unspecified atom stereocenters. The Morgan fingerprint density at radius 2 is 2.47 bits per heavy atom. The van der Waals surface area contributed by atoms with Crippen LogP contribution in [0.25, 0.3) is 0 Å². The molecule has 1 saturated heterocycles. The zero-order chi connectivity index (χ0) is 12.3. The van der Waals surface area contributed by atoms with Gasteiger partial charge >= 0.3 is 0 Å². The Balaban J connectivity index is 1.91. The van der Waals surface area contributed by atoms with E-state index in [-0.39, 0.29) is 5.91 Å². The van der Waals surface area contributed by atoms with Gasteiger partial charge in [0.15, 0.2) is 0 Å². The number of nitrogens with zero attached hydrogens (tertiary/aromatic N) is 2. The van der Waals surface area contributed by atoms with Gasteiger partial charge in [0.25, 0.3) is 0 Å². The maximum atomic E-state index is 11.4. The first-order valence-corrected chi connectivity index (χ1v) is 6.42. The van der Waals surface area contributed by atoms with E-state index in [1.54, 1.807) is 13.1 Å². The normalized spacial score (nSPS) is 19.6. The van der Waals surface area contributed by atoms with Crippen LogP contribution in [0.15, 0.2) is 18.3 Å². The van der Waals surface area contributed by atoms with Gasteiger partial charge < -0.3 is 4.90 Å². The highest BCUT2D eigenvalue weighted by Crippen LogP contribution is 2.22. The first kappa shape index (κ1) is 12.4. The van der Waals surface area contributed by atoms with Crippen LogP contribution < -0.4 is 0 Å². The van der Waals surface area contributed by atoms with E-state index in [4.69, 9.17) is 11.6 Å². The monoisotopic (exact) mass is 252 g/mol. The Labute approximate surface area is 107 Å². The number of aromatic nitrogens is 1. The first-order chi connectivity index (χ1) is 8.16. The molecule has 0 N–H and O–H groups in total. The lowest BCUT2D eigenvalue weighted by Gasteiger charge is -2.23. The van der Waals surface area contributed by atoms with Gasteiger partial charge in [0.1, 0.15) is 5.15 Å². The van der Waals surface area contributed by atoms with Gasteiger partial charge in [0, 0.05) is 25.7 Å². The Bertz CT molecular complexity index is 408. The average Bonchev–Trinajstić information content (AvgIpc) is 2.74. The Kier molecular flexibility index (Phi) is 4.00. The summed E-state index contributed by atoms with van der Waals surface area (Å²) in [6.45, 7) is 2.57. The van der Waals surface area contributed by atoms with Crippen molar-refractivity contribution in [2.45, 2.75) is 38.6 Å². The van der Waals surface area contributed by atoms with Crippen LogP contribution in [0.5, 0.6) is 0 Å². The number of pyridine rings is 1. The average molecular weight is 253 g/mol. The summed E-state index contributed by atoms with van der Waals surface area (Å²) >= 11 is 5.84. The molecule has 4 heteroatoms. The smallest absolute Gasteiger partial charge is 0.219 e. The molecule has 0 aliphatic carbocycles. The molecule has 92 valence electrons. The fourth-order valence-corrected chi connectivity index (χ4v) is 2.68. The zero-order valence-electron chi connectivity index (χ0n) is 10.0. The predicted octanol–water partition coefficient (Wildman–Crippen LogP) is 2.68. The number of rotatable bonds is 3. The van der Waals surface area contributed by atoms with Crippen molar-refractivity contribution >= 4 is 17.5 Å². The largest absolute Gasteiger partial charge is 0.340 e. The fraction of sp³-hybridized carbons (Fsp3) is 0.538. The summed E-state index contributed by atoms with van der Waals surface area (Å²) in [4.78, 5) is 17.4. The van der Waals surface area contributed by atoms with Gasteiger partial charge in [-0.2, -0.15) is 0 Å². The number of aryl methyl sites for hydroxylation is 1. The van der Waals surface area contributed by atoms with E-state index in [1.807, 2.05) is 17.0 Å². The van der Waals surface area contributed by atoms with Gasteiger partial charge in [-0.15, -0.1) is 0 Å². The van der Waals surface area contributed by atoms with Gasteiger partial charge in [-0.05, 0) is 43.4 Å². The molecule has 2 rings (SSSR count). The minimum atomic E-state index is 0.195. The highest BCUT2D eigenvalue weighted by atomic mass is 35.5. The lowest BCUT2D eigenvalue weighted by molar-refractivity contribution is -0.129. The molecule has 1 aliphatic heterocycles. The van der Waals surface area contributed by atoms with E-state index in [9.17, 15) is 4.79 Å². The molecule has 1 aromatic heterocycles. The number of halogens is 1. The molecule has 1 aliphatic rings. The summed E-state index contributed by atoms with van der Waals surface area (Å²) in [6, 6.07) is 4.28. The summed E-state index contributed by atoms with van der Waals surface area (Å²) in [6.07, 6.45) is 5.95. The third-order valence-corrected chi connectivity index (χ3v) is 3.55. The van der Waals surface area contributed by atoms with Gasteiger partial charge in [-0.3, -0.25) is 4.79 Å². The highest BCUT2D eigenvalue weighted by molar-refractivity contribution is 6.29. The first-order valence-electron chi connectivity index (χ1n) is 6.04. The van der Waals surface area contributed by atoms with Crippen LogP contribution >= 0.6 is 11.6 Å². The van der Waals surface area contributed by atoms with Crippen molar-refractivity contribution in [1.29, 1.82) is 0 Å². The number of carbonyl (C=O) groups is 1. The lowest BCUT2D eigenvalue weighted by Crippen LogP contribution is -2.33. The summed E-state index contributed by atoms with van der Waals surface area (Å²) < 4.78 is 0. The van der Waals surface area contributed by atoms with Crippen molar-refractivity contribution in [2.75, 3.05) is 6.54 Å². The van der Waals surface area contributed by atoms with E-state index in [0.717, 1.165) is 32.2 Å². The maximum absolute atomic E-state index is 11.4. The number of carbonyl (C=O) groups excluding carboxylic acids is 1. The van der Waals surface area contributed by atoms with Crippen LogP contribution in [0.3, 0.4) is 0 Å². The van der Waals surface area contributed by atoms with Crippen LogP contribution in [0.2, 0.25) is 5.15 Å². The van der Waals surface area contributed by atoms with Crippen molar-refractivity contribution in [3.63, 3.8) is 0 Å². The summed E-state index contributed by atoms with van der Waals surface area (Å²) in [5.41, 5.74) is 1.19. The quantitative estimate of drug-likeness (QED) is 0.775. The summed E-state index contributed by atoms with van der Waals surface area (Å²) in [7, 11) is 0. The summed E-state index contributed by atoms with van der Waals surface area (Å²) in [5.74, 6) is 0.195. The molecule has 0 spiro atoms. The predicted molar refractivity (Wildman–Crippen MR) is 68.0 cm³/mol. The van der Waals surface area contributed by atoms with Gasteiger partial charge in [-0.1, -0.05) is 11.6 Å². The zero-order valence-corrected chi connectivity index (χ0v) is 10.8. The van der Waals surface area contributed by atoms with Crippen LogP contribution in [-0.2, 0) is 11.2 Å². The highest BCUT2D eigenvalue weighted by Gasteiger charge is 2.25. The van der Waals surface area contributed by atoms with Gasteiger partial charge in [0.05, 0.1) is 0 Å².